The second-order valence-corrected chi connectivity index (χ2v) is 7.22. The van der Waals surface area contributed by atoms with Crippen molar-refractivity contribution in [1.82, 2.24) is 0 Å². The van der Waals surface area contributed by atoms with Crippen LogP contribution in [0.3, 0.4) is 0 Å². The highest BCUT2D eigenvalue weighted by molar-refractivity contribution is 6.52. The minimum absolute atomic E-state index is 0.107. The lowest BCUT2D eigenvalue weighted by molar-refractivity contribution is -0.112. The van der Waals surface area contributed by atoms with Gasteiger partial charge in [0.15, 0.2) is 0 Å². The van der Waals surface area contributed by atoms with Gasteiger partial charge in [-0.3, -0.25) is 9.59 Å². The quantitative estimate of drug-likeness (QED) is 0.421. The molecule has 0 bridgehead atoms. The van der Waals surface area contributed by atoms with Crippen molar-refractivity contribution in [1.29, 1.82) is 0 Å². The van der Waals surface area contributed by atoms with Crippen LogP contribution in [0, 0.1) is 0 Å². The summed E-state index contributed by atoms with van der Waals surface area (Å²) in [5.74, 6) is 0.748. The Labute approximate surface area is 185 Å². The Bertz CT molecular complexity index is 1160. The van der Waals surface area contributed by atoms with E-state index in [9.17, 15) is 14.7 Å². The molecule has 0 unspecified atom stereocenters. The molecule has 32 heavy (non-hydrogen) atoms. The Morgan fingerprint density at radius 2 is 1.22 bits per heavy atom. The van der Waals surface area contributed by atoms with Crippen LogP contribution in [0.1, 0.15) is 21.5 Å². The standard InChI is InChI=1S/C26H22O6/c1-30-18-10-12-20(13-11-18)32-15-14-31-19-8-6-17(7-9-19)16-23-24(27)21-4-2-3-5-22(21)25(28)26(23)29/h2-13,27H,14-16H2,1H3. The van der Waals surface area contributed by atoms with Gasteiger partial charge in [-0.1, -0.05) is 36.4 Å². The number of hydrogen-bond acceptors (Lipinski definition) is 6. The first kappa shape index (κ1) is 21.2. The van der Waals surface area contributed by atoms with Gasteiger partial charge in [-0.25, -0.2) is 0 Å². The molecule has 1 N–H and O–H groups in total. The zero-order chi connectivity index (χ0) is 22.5. The summed E-state index contributed by atoms with van der Waals surface area (Å²) in [6.45, 7) is 0.742. The van der Waals surface area contributed by atoms with E-state index >= 15 is 0 Å². The number of ether oxygens (including phenoxy) is 3. The molecule has 1 aliphatic carbocycles. The van der Waals surface area contributed by atoms with Gasteiger partial charge < -0.3 is 19.3 Å². The molecule has 3 aromatic rings. The number of allylic oxidation sites excluding steroid dienone is 1. The van der Waals surface area contributed by atoms with Crippen molar-refractivity contribution in [2.24, 2.45) is 0 Å². The van der Waals surface area contributed by atoms with E-state index in [0.29, 0.717) is 24.5 Å². The van der Waals surface area contributed by atoms with Crippen molar-refractivity contribution in [2.75, 3.05) is 20.3 Å². The Kier molecular flexibility index (Phi) is 6.22. The molecule has 6 nitrogen and oxygen atoms in total. The van der Waals surface area contributed by atoms with E-state index in [1.807, 2.05) is 24.3 Å². The summed E-state index contributed by atoms with van der Waals surface area (Å²) in [5, 5.41) is 10.6. The second-order valence-electron chi connectivity index (χ2n) is 7.22. The fourth-order valence-corrected chi connectivity index (χ4v) is 3.48. The van der Waals surface area contributed by atoms with Crippen molar-refractivity contribution in [3.05, 3.63) is 95.1 Å². The fraction of sp³-hybridized carbons (Fsp3) is 0.154. The van der Waals surface area contributed by atoms with Crippen LogP contribution in [0.4, 0.5) is 0 Å². The molecule has 0 spiro atoms. The molecule has 0 radical (unpaired) electrons. The topological polar surface area (TPSA) is 82.1 Å². The molecule has 0 amide bonds. The van der Waals surface area contributed by atoms with Crippen LogP contribution in [-0.4, -0.2) is 37.0 Å². The van der Waals surface area contributed by atoms with E-state index in [0.717, 1.165) is 17.1 Å². The predicted molar refractivity (Wildman–Crippen MR) is 119 cm³/mol. The average Bonchev–Trinajstić information content (AvgIpc) is 2.84. The molecule has 0 saturated heterocycles. The van der Waals surface area contributed by atoms with Crippen molar-refractivity contribution < 1.29 is 28.9 Å². The number of benzene rings is 3. The van der Waals surface area contributed by atoms with Gasteiger partial charge in [0, 0.05) is 17.5 Å². The maximum Gasteiger partial charge on any atom is 0.234 e. The van der Waals surface area contributed by atoms with E-state index in [4.69, 9.17) is 14.2 Å². The van der Waals surface area contributed by atoms with Gasteiger partial charge in [-0.05, 0) is 42.0 Å². The highest BCUT2D eigenvalue weighted by atomic mass is 16.5. The molecule has 1 aliphatic rings. The lowest BCUT2D eigenvalue weighted by Crippen LogP contribution is -2.25. The Morgan fingerprint density at radius 3 is 1.81 bits per heavy atom. The summed E-state index contributed by atoms with van der Waals surface area (Å²) in [5.41, 5.74) is 1.52. The van der Waals surface area contributed by atoms with Gasteiger partial charge in [0.25, 0.3) is 0 Å². The van der Waals surface area contributed by atoms with Crippen LogP contribution in [0.2, 0.25) is 0 Å². The van der Waals surface area contributed by atoms with Gasteiger partial charge in [0.1, 0.15) is 36.2 Å². The lowest BCUT2D eigenvalue weighted by Gasteiger charge is -2.17. The number of carbonyl (C=O) groups excluding carboxylic acids is 2. The molecule has 0 fully saturated rings. The number of methoxy groups -OCH3 is 1. The van der Waals surface area contributed by atoms with Gasteiger partial charge in [0.2, 0.25) is 11.6 Å². The Balaban J connectivity index is 1.34. The third-order valence-electron chi connectivity index (χ3n) is 5.18. The molecular weight excluding hydrogens is 408 g/mol. The van der Waals surface area contributed by atoms with E-state index in [1.54, 1.807) is 55.6 Å². The molecule has 3 aromatic carbocycles. The summed E-state index contributed by atoms with van der Waals surface area (Å²) in [6.07, 6.45) is 0.158. The smallest absolute Gasteiger partial charge is 0.234 e. The third-order valence-corrected chi connectivity index (χ3v) is 5.18. The van der Waals surface area contributed by atoms with Crippen molar-refractivity contribution in [3.63, 3.8) is 0 Å². The van der Waals surface area contributed by atoms with Gasteiger partial charge in [-0.15, -0.1) is 0 Å². The highest BCUT2D eigenvalue weighted by Crippen LogP contribution is 2.29. The Morgan fingerprint density at radius 1 is 0.688 bits per heavy atom. The van der Waals surface area contributed by atoms with E-state index in [-0.39, 0.29) is 23.3 Å². The maximum absolute atomic E-state index is 12.5. The first-order valence-corrected chi connectivity index (χ1v) is 10.2. The summed E-state index contributed by atoms with van der Waals surface area (Å²) in [4.78, 5) is 24.8. The lowest BCUT2D eigenvalue weighted by atomic mass is 9.86. The van der Waals surface area contributed by atoms with E-state index in [1.165, 1.54) is 0 Å². The van der Waals surface area contributed by atoms with E-state index in [2.05, 4.69) is 0 Å². The second kappa shape index (κ2) is 9.39. The van der Waals surface area contributed by atoms with Crippen LogP contribution in [0.25, 0.3) is 5.76 Å². The van der Waals surface area contributed by atoms with Crippen molar-refractivity contribution in [3.8, 4) is 17.2 Å². The number of fused-ring (bicyclic) bond motifs is 1. The Hall–Kier alpha value is -4.06. The fourth-order valence-electron chi connectivity index (χ4n) is 3.48. The summed E-state index contributed by atoms with van der Waals surface area (Å²) in [7, 11) is 1.61. The number of ketones is 2. The van der Waals surface area contributed by atoms with Crippen molar-refractivity contribution in [2.45, 2.75) is 6.42 Å². The zero-order valence-corrected chi connectivity index (χ0v) is 17.5. The van der Waals surface area contributed by atoms with Crippen molar-refractivity contribution >= 4 is 17.3 Å². The highest BCUT2D eigenvalue weighted by Gasteiger charge is 2.32. The first-order valence-electron chi connectivity index (χ1n) is 10.2. The number of Topliss-reactive ketones (excluding diaryl/α,β-unsaturated/α-hetero) is 2. The van der Waals surface area contributed by atoms with Crippen LogP contribution in [0.15, 0.2) is 78.4 Å². The normalized spacial score (nSPS) is 13.0. The third kappa shape index (κ3) is 4.49. The summed E-state index contributed by atoms with van der Waals surface area (Å²) < 4.78 is 16.4. The summed E-state index contributed by atoms with van der Waals surface area (Å²) >= 11 is 0. The average molecular weight is 430 g/mol. The molecular formula is C26H22O6. The number of aliphatic hydroxyl groups excluding tert-OH is 1. The number of hydrogen-bond donors (Lipinski definition) is 1. The van der Waals surface area contributed by atoms with Crippen LogP contribution in [0.5, 0.6) is 17.2 Å². The largest absolute Gasteiger partial charge is 0.507 e. The van der Waals surface area contributed by atoms with Gasteiger partial charge in [0.05, 0.1) is 12.7 Å². The van der Waals surface area contributed by atoms with Gasteiger partial charge in [-0.2, -0.15) is 0 Å². The zero-order valence-electron chi connectivity index (χ0n) is 17.5. The van der Waals surface area contributed by atoms with Crippen LogP contribution < -0.4 is 14.2 Å². The molecule has 0 atom stereocenters. The van der Waals surface area contributed by atoms with Crippen LogP contribution in [-0.2, 0) is 11.2 Å². The summed E-state index contributed by atoms with van der Waals surface area (Å²) in [6, 6.07) is 21.1. The van der Waals surface area contributed by atoms with Crippen LogP contribution >= 0.6 is 0 Å². The van der Waals surface area contributed by atoms with E-state index < -0.39 is 11.6 Å². The predicted octanol–water partition coefficient (Wildman–Crippen LogP) is 4.43. The number of aliphatic hydroxyl groups is 1. The number of rotatable bonds is 8. The molecule has 0 heterocycles. The first-order chi connectivity index (χ1) is 15.6. The molecule has 0 aliphatic heterocycles. The SMILES string of the molecule is COc1ccc(OCCOc2ccc(CC3=C(O)c4ccccc4C(=O)C3=O)cc2)cc1. The molecule has 0 aromatic heterocycles. The molecule has 0 saturated carbocycles. The molecule has 6 heteroatoms. The minimum Gasteiger partial charge on any atom is -0.507 e. The monoisotopic (exact) mass is 430 g/mol. The molecule has 4 rings (SSSR count). The maximum atomic E-state index is 12.5. The minimum atomic E-state index is -0.669. The molecule has 162 valence electrons. The van der Waals surface area contributed by atoms with Gasteiger partial charge >= 0.3 is 0 Å². The number of carbonyl (C=O) groups is 2.